The van der Waals surface area contributed by atoms with E-state index < -0.39 is 0 Å². The first-order valence-electron chi connectivity index (χ1n) is 7.72. The van der Waals surface area contributed by atoms with E-state index >= 15 is 0 Å². The Morgan fingerprint density at radius 2 is 2.17 bits per heavy atom. The molecule has 0 spiro atoms. The fourth-order valence-corrected chi connectivity index (χ4v) is 2.99. The number of hydrogen-bond acceptors (Lipinski definition) is 5. The van der Waals surface area contributed by atoms with E-state index in [0.717, 1.165) is 27.8 Å². The van der Waals surface area contributed by atoms with E-state index in [2.05, 4.69) is 24.1 Å². The molecule has 126 valence electrons. The normalized spacial score (nSPS) is 13.5. The second-order valence-electron chi connectivity index (χ2n) is 6.29. The highest BCUT2D eigenvalue weighted by Crippen LogP contribution is 2.36. The molecule has 0 unspecified atom stereocenters. The zero-order chi connectivity index (χ0) is 17.2. The summed E-state index contributed by atoms with van der Waals surface area (Å²) in [4.78, 5) is 16.3. The third kappa shape index (κ3) is 3.76. The van der Waals surface area contributed by atoms with Gasteiger partial charge in [0.1, 0.15) is 0 Å². The molecule has 1 N–H and O–H groups in total. The predicted molar refractivity (Wildman–Crippen MR) is 94.5 cm³/mol. The molecule has 6 heteroatoms. The van der Waals surface area contributed by atoms with Crippen LogP contribution in [0.2, 0.25) is 0 Å². The van der Waals surface area contributed by atoms with Crippen molar-refractivity contribution in [2.75, 3.05) is 13.3 Å². The number of benzene rings is 1. The lowest BCUT2D eigenvalue weighted by molar-refractivity contribution is -0.116. The number of aromatic nitrogens is 1. The summed E-state index contributed by atoms with van der Waals surface area (Å²) in [5, 5.41) is 5.86. The van der Waals surface area contributed by atoms with Crippen molar-refractivity contribution in [1.82, 2.24) is 10.3 Å². The fraction of sp³-hybridized carbons (Fsp3) is 0.333. The van der Waals surface area contributed by atoms with Crippen LogP contribution < -0.4 is 14.8 Å². The molecule has 0 fully saturated rings. The first-order chi connectivity index (χ1) is 11.4. The van der Waals surface area contributed by atoms with Crippen molar-refractivity contribution >= 4 is 23.3 Å². The SMILES string of the molecule is Cc1nc(C=CC(=O)NCC(C)(C)c2ccc3c(c2)OCO3)cs1. The molecule has 5 nitrogen and oxygen atoms in total. The number of rotatable bonds is 5. The van der Waals surface area contributed by atoms with E-state index in [1.807, 2.05) is 30.5 Å². The van der Waals surface area contributed by atoms with Crippen LogP contribution in [0.1, 0.15) is 30.1 Å². The van der Waals surface area contributed by atoms with E-state index in [1.54, 1.807) is 17.4 Å². The number of fused-ring (bicyclic) bond motifs is 1. The van der Waals surface area contributed by atoms with E-state index in [1.165, 1.54) is 6.08 Å². The minimum atomic E-state index is -0.221. The van der Waals surface area contributed by atoms with Crippen molar-refractivity contribution in [1.29, 1.82) is 0 Å². The Kier molecular flexibility index (Phi) is 4.57. The first-order valence-corrected chi connectivity index (χ1v) is 8.60. The van der Waals surface area contributed by atoms with Gasteiger partial charge in [0.05, 0.1) is 10.7 Å². The van der Waals surface area contributed by atoms with E-state index in [9.17, 15) is 4.79 Å². The Hall–Kier alpha value is -2.34. The van der Waals surface area contributed by atoms with Crippen LogP contribution in [0, 0.1) is 6.92 Å². The molecule has 0 aliphatic carbocycles. The van der Waals surface area contributed by atoms with Crippen LogP contribution in [0.4, 0.5) is 0 Å². The summed E-state index contributed by atoms with van der Waals surface area (Å²) >= 11 is 1.56. The number of nitrogens with one attached hydrogen (secondary N) is 1. The lowest BCUT2D eigenvalue weighted by Crippen LogP contribution is -2.35. The Bertz CT molecular complexity index is 780. The molecule has 3 rings (SSSR count). The van der Waals surface area contributed by atoms with Gasteiger partial charge < -0.3 is 14.8 Å². The molecule has 0 bridgehead atoms. The number of carbonyl (C=O) groups excluding carboxylic acids is 1. The van der Waals surface area contributed by atoms with Gasteiger partial charge in [-0.1, -0.05) is 19.9 Å². The van der Waals surface area contributed by atoms with E-state index in [4.69, 9.17) is 9.47 Å². The maximum absolute atomic E-state index is 12.0. The number of thiazole rings is 1. The molecular formula is C18H20N2O3S. The molecular weight excluding hydrogens is 324 g/mol. The largest absolute Gasteiger partial charge is 0.454 e. The molecule has 0 atom stereocenters. The van der Waals surface area contributed by atoms with Crippen molar-refractivity contribution in [3.63, 3.8) is 0 Å². The van der Waals surface area contributed by atoms with Crippen LogP contribution in [0.25, 0.3) is 6.08 Å². The maximum Gasteiger partial charge on any atom is 0.244 e. The number of hydrogen-bond donors (Lipinski definition) is 1. The molecule has 2 heterocycles. The van der Waals surface area contributed by atoms with Crippen LogP contribution in [0.5, 0.6) is 11.5 Å². The van der Waals surface area contributed by atoms with Crippen molar-refractivity contribution in [3.05, 3.63) is 45.9 Å². The topological polar surface area (TPSA) is 60.5 Å². The van der Waals surface area contributed by atoms with E-state index in [-0.39, 0.29) is 18.1 Å². The molecule has 0 saturated carbocycles. The van der Waals surface area contributed by atoms with Crippen molar-refractivity contribution in [3.8, 4) is 11.5 Å². The summed E-state index contributed by atoms with van der Waals surface area (Å²) in [6.07, 6.45) is 3.25. The van der Waals surface area contributed by atoms with Crippen LogP contribution in [-0.4, -0.2) is 24.2 Å². The Labute approximate surface area is 145 Å². The molecule has 0 radical (unpaired) electrons. The standard InChI is InChI=1S/C18H20N2O3S/c1-12-20-14(9-24-12)5-7-17(21)19-10-18(2,3)13-4-6-15-16(8-13)23-11-22-15/h4-9H,10-11H2,1-3H3,(H,19,21). The predicted octanol–water partition coefficient (Wildman–Crippen LogP) is 3.29. The van der Waals surface area contributed by atoms with Gasteiger partial charge in [-0.25, -0.2) is 4.98 Å². The fourth-order valence-electron chi connectivity index (χ4n) is 2.40. The van der Waals surface area contributed by atoms with Crippen molar-refractivity contribution < 1.29 is 14.3 Å². The highest BCUT2D eigenvalue weighted by atomic mass is 32.1. The summed E-state index contributed by atoms with van der Waals surface area (Å²) in [7, 11) is 0. The first kappa shape index (κ1) is 16.5. The van der Waals surface area contributed by atoms with Gasteiger partial charge in [0.15, 0.2) is 11.5 Å². The van der Waals surface area contributed by atoms with Gasteiger partial charge >= 0.3 is 0 Å². The molecule has 0 saturated heterocycles. The summed E-state index contributed by atoms with van der Waals surface area (Å²) in [6.45, 7) is 6.88. The number of aryl methyl sites for hydroxylation is 1. The quantitative estimate of drug-likeness (QED) is 0.846. The zero-order valence-electron chi connectivity index (χ0n) is 14.0. The molecule has 1 aliphatic heterocycles. The third-order valence-corrected chi connectivity index (χ3v) is 4.69. The Morgan fingerprint density at radius 3 is 2.92 bits per heavy atom. The average Bonchev–Trinajstić information content (AvgIpc) is 3.18. The van der Waals surface area contributed by atoms with Gasteiger partial charge in [-0.2, -0.15) is 0 Å². The van der Waals surface area contributed by atoms with Crippen LogP contribution in [0.3, 0.4) is 0 Å². The Balaban J connectivity index is 1.60. The van der Waals surface area contributed by atoms with Gasteiger partial charge in [0.2, 0.25) is 12.7 Å². The van der Waals surface area contributed by atoms with E-state index in [0.29, 0.717) is 6.54 Å². The van der Waals surface area contributed by atoms with Gasteiger partial charge in [0, 0.05) is 23.4 Å². The van der Waals surface area contributed by atoms with Gasteiger partial charge in [-0.3, -0.25) is 4.79 Å². The lowest BCUT2D eigenvalue weighted by Gasteiger charge is -2.25. The van der Waals surface area contributed by atoms with Gasteiger partial charge in [-0.05, 0) is 30.7 Å². The Morgan fingerprint density at radius 1 is 1.38 bits per heavy atom. The second kappa shape index (κ2) is 6.65. The summed E-state index contributed by atoms with van der Waals surface area (Å²) in [6, 6.07) is 5.89. The zero-order valence-corrected chi connectivity index (χ0v) is 14.8. The summed E-state index contributed by atoms with van der Waals surface area (Å²) in [5.41, 5.74) is 1.68. The lowest BCUT2D eigenvalue weighted by atomic mass is 9.84. The van der Waals surface area contributed by atoms with Crippen molar-refractivity contribution in [2.45, 2.75) is 26.2 Å². The smallest absolute Gasteiger partial charge is 0.244 e. The minimum Gasteiger partial charge on any atom is -0.454 e. The summed E-state index contributed by atoms with van der Waals surface area (Å²) < 4.78 is 10.8. The molecule has 1 aromatic heterocycles. The van der Waals surface area contributed by atoms with Gasteiger partial charge in [0.25, 0.3) is 0 Å². The summed E-state index contributed by atoms with van der Waals surface area (Å²) in [5.74, 6) is 1.39. The minimum absolute atomic E-state index is 0.130. The molecule has 24 heavy (non-hydrogen) atoms. The molecule has 1 aliphatic rings. The third-order valence-electron chi connectivity index (χ3n) is 3.90. The molecule has 1 amide bonds. The highest BCUT2D eigenvalue weighted by molar-refractivity contribution is 7.09. The number of ether oxygens (including phenoxy) is 2. The van der Waals surface area contributed by atoms with Crippen LogP contribution in [0.15, 0.2) is 29.7 Å². The number of nitrogens with zero attached hydrogens (tertiary/aromatic N) is 1. The van der Waals surface area contributed by atoms with Crippen LogP contribution in [-0.2, 0) is 10.2 Å². The molecule has 1 aromatic carbocycles. The second-order valence-corrected chi connectivity index (χ2v) is 7.36. The maximum atomic E-state index is 12.0. The average molecular weight is 344 g/mol. The molecule has 2 aromatic rings. The van der Waals surface area contributed by atoms with Gasteiger partial charge in [-0.15, -0.1) is 11.3 Å². The monoisotopic (exact) mass is 344 g/mol. The van der Waals surface area contributed by atoms with Crippen molar-refractivity contribution in [2.24, 2.45) is 0 Å². The number of amides is 1. The highest BCUT2D eigenvalue weighted by Gasteiger charge is 2.24. The number of carbonyl (C=O) groups is 1. The van der Waals surface area contributed by atoms with Crippen LogP contribution >= 0.6 is 11.3 Å².